The number of ketones is 2. The molecule has 5 rings (SSSR count). The molecule has 0 fully saturated rings. The lowest BCUT2D eigenvalue weighted by atomic mass is 9.67. The normalized spacial score (nSPS) is 24.4. The molecular weight excluding hydrogens is 486 g/mol. The molecule has 2 heterocycles. The molecule has 3 unspecified atom stereocenters. The molecule has 0 saturated heterocycles. The quantitative estimate of drug-likeness (QED) is 0.618. The number of allylic oxidation sites excluding steroid dienone is 2. The first-order valence-corrected chi connectivity index (χ1v) is 11.7. The molecule has 2 aliphatic heterocycles. The Morgan fingerprint density at radius 2 is 1.81 bits per heavy atom. The SMILES string of the molecule is COC(=O)C1=CC(c2ccccc2)C2=C(N1)C1(Oc3c(Cl)c(OC)cc(OC)c3C1=O)C(C)CC2=O. The van der Waals surface area contributed by atoms with Gasteiger partial charge in [-0.3, -0.25) is 9.59 Å². The fourth-order valence-corrected chi connectivity index (χ4v) is 5.54. The first-order valence-electron chi connectivity index (χ1n) is 11.4. The Bertz CT molecular complexity index is 1360. The fourth-order valence-electron chi connectivity index (χ4n) is 5.28. The third-order valence-electron chi connectivity index (χ3n) is 7.01. The lowest BCUT2D eigenvalue weighted by Crippen LogP contribution is -2.57. The van der Waals surface area contributed by atoms with Crippen molar-refractivity contribution in [1.29, 1.82) is 0 Å². The van der Waals surface area contributed by atoms with Crippen LogP contribution >= 0.6 is 11.6 Å². The minimum atomic E-state index is -1.64. The lowest BCUT2D eigenvalue weighted by Gasteiger charge is -2.43. The summed E-state index contributed by atoms with van der Waals surface area (Å²) in [6.45, 7) is 1.76. The van der Waals surface area contributed by atoms with E-state index in [2.05, 4.69) is 5.32 Å². The molecule has 1 N–H and O–H groups in total. The smallest absolute Gasteiger partial charge is 0.354 e. The first-order chi connectivity index (χ1) is 17.3. The van der Waals surface area contributed by atoms with E-state index in [1.54, 1.807) is 13.0 Å². The molecule has 186 valence electrons. The molecule has 9 heteroatoms. The van der Waals surface area contributed by atoms with E-state index in [9.17, 15) is 14.4 Å². The predicted molar refractivity (Wildman–Crippen MR) is 130 cm³/mol. The summed E-state index contributed by atoms with van der Waals surface area (Å²) in [4.78, 5) is 40.4. The van der Waals surface area contributed by atoms with Gasteiger partial charge in [0.05, 0.1) is 27.0 Å². The van der Waals surface area contributed by atoms with Crippen molar-refractivity contribution in [2.45, 2.75) is 24.9 Å². The van der Waals surface area contributed by atoms with Crippen LogP contribution in [0.2, 0.25) is 5.02 Å². The van der Waals surface area contributed by atoms with E-state index in [0.717, 1.165) is 5.56 Å². The van der Waals surface area contributed by atoms with Crippen LogP contribution in [0.1, 0.15) is 35.2 Å². The first kappa shape index (κ1) is 23.9. The number of hydrogen-bond acceptors (Lipinski definition) is 8. The molecule has 2 aromatic carbocycles. The van der Waals surface area contributed by atoms with Crippen LogP contribution in [0.15, 0.2) is 59.4 Å². The van der Waals surface area contributed by atoms with Crippen LogP contribution in [0.25, 0.3) is 0 Å². The number of halogens is 1. The Balaban J connectivity index is 1.77. The fraction of sp³-hybridized carbons (Fsp3) is 0.296. The number of dihydropyridines is 1. The highest BCUT2D eigenvalue weighted by molar-refractivity contribution is 6.35. The third-order valence-corrected chi connectivity index (χ3v) is 7.37. The molecule has 3 aliphatic rings. The second-order valence-corrected chi connectivity index (χ2v) is 9.25. The summed E-state index contributed by atoms with van der Waals surface area (Å²) in [6.07, 6.45) is 1.70. The van der Waals surface area contributed by atoms with Crippen LogP contribution in [0.3, 0.4) is 0 Å². The third kappa shape index (κ3) is 3.24. The second kappa shape index (κ2) is 8.71. The molecule has 0 saturated carbocycles. The van der Waals surface area contributed by atoms with Crippen LogP contribution in [-0.4, -0.2) is 44.5 Å². The van der Waals surface area contributed by atoms with Crippen molar-refractivity contribution >= 4 is 29.1 Å². The number of methoxy groups -OCH3 is 3. The number of Topliss-reactive ketones (excluding diaryl/α,β-unsaturated/α-hetero) is 2. The van der Waals surface area contributed by atoms with Crippen molar-refractivity contribution in [3.8, 4) is 17.2 Å². The minimum Gasteiger partial charge on any atom is -0.496 e. The number of carbonyl (C=O) groups excluding carboxylic acids is 3. The number of esters is 1. The van der Waals surface area contributed by atoms with Gasteiger partial charge >= 0.3 is 5.97 Å². The van der Waals surface area contributed by atoms with E-state index in [1.165, 1.54) is 27.4 Å². The molecule has 0 radical (unpaired) electrons. The Labute approximate surface area is 212 Å². The Morgan fingerprint density at radius 1 is 1.11 bits per heavy atom. The highest BCUT2D eigenvalue weighted by atomic mass is 35.5. The molecule has 1 spiro atoms. The number of fused-ring (bicyclic) bond motifs is 2. The van der Waals surface area contributed by atoms with Crippen molar-refractivity contribution in [1.82, 2.24) is 5.32 Å². The van der Waals surface area contributed by atoms with Crippen molar-refractivity contribution < 1.29 is 33.3 Å². The van der Waals surface area contributed by atoms with E-state index in [0.29, 0.717) is 5.57 Å². The van der Waals surface area contributed by atoms with Crippen molar-refractivity contribution in [3.05, 3.63) is 75.6 Å². The second-order valence-electron chi connectivity index (χ2n) is 8.87. The van der Waals surface area contributed by atoms with Gasteiger partial charge in [-0.05, 0) is 11.6 Å². The number of carbonyl (C=O) groups is 3. The Kier molecular flexibility index (Phi) is 5.79. The summed E-state index contributed by atoms with van der Waals surface area (Å²) in [5, 5.41) is 3.15. The van der Waals surface area contributed by atoms with Crippen LogP contribution in [0.5, 0.6) is 17.2 Å². The van der Waals surface area contributed by atoms with Gasteiger partial charge in [0.25, 0.3) is 0 Å². The monoisotopic (exact) mass is 509 g/mol. The Hall–Kier alpha value is -3.78. The predicted octanol–water partition coefficient (Wildman–Crippen LogP) is 3.98. The molecule has 1 aliphatic carbocycles. The maximum atomic E-state index is 14.2. The number of benzene rings is 2. The van der Waals surface area contributed by atoms with Gasteiger partial charge in [-0.25, -0.2) is 4.79 Å². The maximum Gasteiger partial charge on any atom is 0.354 e. The van der Waals surface area contributed by atoms with Crippen LogP contribution in [0.4, 0.5) is 0 Å². The van der Waals surface area contributed by atoms with Crippen molar-refractivity contribution in [3.63, 3.8) is 0 Å². The maximum absolute atomic E-state index is 14.2. The average molecular weight is 510 g/mol. The van der Waals surface area contributed by atoms with Crippen LogP contribution < -0.4 is 19.5 Å². The largest absolute Gasteiger partial charge is 0.496 e. The molecule has 0 aromatic heterocycles. The molecular formula is C27H24ClNO7. The summed E-state index contributed by atoms with van der Waals surface area (Å²) in [7, 11) is 4.14. The van der Waals surface area contributed by atoms with Gasteiger partial charge in [0.1, 0.15) is 27.8 Å². The standard InChI is InChI=1S/C27H24ClNO7/c1-13-10-17(30)20-15(14-8-6-5-7-9-14)11-16(26(32)35-4)29-24(20)27(13)25(31)21-18(33-2)12-19(34-3)22(28)23(21)36-27/h5-9,11-13,15,29H,10H2,1-4H3. The van der Waals surface area contributed by atoms with E-state index < -0.39 is 29.2 Å². The lowest BCUT2D eigenvalue weighted by molar-refractivity contribution is -0.136. The zero-order valence-corrected chi connectivity index (χ0v) is 20.9. The number of ether oxygens (including phenoxy) is 4. The summed E-state index contributed by atoms with van der Waals surface area (Å²) in [5.74, 6) is -1.76. The summed E-state index contributed by atoms with van der Waals surface area (Å²) >= 11 is 6.58. The van der Waals surface area contributed by atoms with Crippen molar-refractivity contribution in [2.75, 3.05) is 21.3 Å². The van der Waals surface area contributed by atoms with Gasteiger partial charge in [-0.1, -0.05) is 48.9 Å². The highest BCUT2D eigenvalue weighted by Gasteiger charge is 2.62. The average Bonchev–Trinajstić information content (AvgIpc) is 3.21. The van der Waals surface area contributed by atoms with Gasteiger partial charge in [-0.2, -0.15) is 0 Å². The number of hydrogen-bond donors (Lipinski definition) is 1. The molecule has 8 nitrogen and oxygen atoms in total. The zero-order valence-electron chi connectivity index (χ0n) is 20.1. The molecule has 0 bridgehead atoms. The van der Waals surface area contributed by atoms with Gasteiger partial charge in [0, 0.05) is 29.9 Å². The summed E-state index contributed by atoms with van der Waals surface area (Å²) < 4.78 is 22.3. The molecule has 2 aromatic rings. The highest BCUT2D eigenvalue weighted by Crippen LogP contribution is 2.56. The van der Waals surface area contributed by atoms with Crippen LogP contribution in [-0.2, 0) is 14.3 Å². The molecule has 36 heavy (non-hydrogen) atoms. The van der Waals surface area contributed by atoms with E-state index >= 15 is 0 Å². The molecule has 0 amide bonds. The van der Waals surface area contributed by atoms with Gasteiger partial charge in [0.15, 0.2) is 11.5 Å². The minimum absolute atomic E-state index is 0.0576. The summed E-state index contributed by atoms with van der Waals surface area (Å²) in [6, 6.07) is 10.8. The number of rotatable bonds is 4. The van der Waals surface area contributed by atoms with Crippen LogP contribution in [0, 0.1) is 5.92 Å². The van der Waals surface area contributed by atoms with Gasteiger partial charge in [-0.15, -0.1) is 0 Å². The Morgan fingerprint density at radius 3 is 2.44 bits per heavy atom. The summed E-state index contributed by atoms with van der Waals surface area (Å²) in [5.41, 5.74) is -0.0318. The topological polar surface area (TPSA) is 100 Å². The molecule has 3 atom stereocenters. The van der Waals surface area contributed by atoms with Gasteiger partial charge in [0.2, 0.25) is 11.4 Å². The zero-order chi connectivity index (χ0) is 25.8. The van der Waals surface area contributed by atoms with E-state index in [-0.39, 0.29) is 51.4 Å². The number of nitrogens with one attached hydrogen (secondary N) is 1. The van der Waals surface area contributed by atoms with Gasteiger partial charge < -0.3 is 24.3 Å². The van der Waals surface area contributed by atoms with E-state index in [1.807, 2.05) is 30.3 Å². The van der Waals surface area contributed by atoms with E-state index in [4.69, 9.17) is 30.5 Å². The van der Waals surface area contributed by atoms with Crippen molar-refractivity contribution in [2.24, 2.45) is 5.92 Å².